The Labute approximate surface area is 196 Å². The number of anilines is 1. The van der Waals surface area contributed by atoms with Gasteiger partial charge in [0, 0.05) is 16.6 Å². The van der Waals surface area contributed by atoms with Gasteiger partial charge >= 0.3 is 0 Å². The Bertz CT molecular complexity index is 1260. The molecule has 0 radical (unpaired) electrons. The van der Waals surface area contributed by atoms with Crippen LogP contribution >= 0.6 is 23.1 Å². The van der Waals surface area contributed by atoms with Crippen LogP contribution in [0.3, 0.4) is 0 Å². The molecule has 168 valence electrons. The largest absolute Gasteiger partial charge is 0.486 e. The van der Waals surface area contributed by atoms with Gasteiger partial charge in [-0.05, 0) is 52.2 Å². The summed E-state index contributed by atoms with van der Waals surface area (Å²) in [6.07, 6.45) is 0. The minimum atomic E-state index is -0.393. The maximum Gasteiger partial charge on any atom is 0.237 e. The van der Waals surface area contributed by atoms with Gasteiger partial charge in [0.1, 0.15) is 19.0 Å². The number of fused-ring (bicyclic) bond motifs is 1. The summed E-state index contributed by atoms with van der Waals surface area (Å²) in [7, 11) is 0. The average molecular weight is 484 g/mol. The van der Waals surface area contributed by atoms with Crippen LogP contribution in [0.15, 0.2) is 65.1 Å². The van der Waals surface area contributed by atoms with E-state index >= 15 is 0 Å². The highest BCUT2D eigenvalue weighted by Gasteiger charge is 2.22. The molecule has 2 aromatic heterocycles. The van der Waals surface area contributed by atoms with Crippen LogP contribution in [0.5, 0.6) is 11.5 Å². The topological polar surface area (TPSA) is 82.4 Å². The Balaban J connectivity index is 1.37. The lowest BCUT2D eigenvalue weighted by Gasteiger charge is -2.25. The molecule has 0 spiro atoms. The molecule has 1 aliphatic rings. The van der Waals surface area contributed by atoms with Crippen LogP contribution in [0.2, 0.25) is 0 Å². The molecule has 0 saturated heterocycles. The maximum atomic E-state index is 13.6. The number of rotatable bonds is 7. The van der Waals surface area contributed by atoms with Crippen molar-refractivity contribution >= 4 is 34.7 Å². The van der Waals surface area contributed by atoms with E-state index in [0.717, 1.165) is 4.88 Å². The zero-order valence-electron chi connectivity index (χ0n) is 17.3. The van der Waals surface area contributed by atoms with Gasteiger partial charge in [0.15, 0.2) is 11.5 Å². The number of thioether (sulfide) groups is 1. The predicted molar refractivity (Wildman–Crippen MR) is 123 cm³/mol. The number of halogens is 1. The number of aromatic nitrogens is 4. The van der Waals surface area contributed by atoms with Crippen LogP contribution in [0.1, 0.15) is 4.88 Å². The number of amides is 1. The molecule has 11 heteroatoms. The molecule has 0 N–H and O–H groups in total. The van der Waals surface area contributed by atoms with E-state index in [2.05, 4.69) is 15.5 Å². The maximum absolute atomic E-state index is 13.6. The number of carbonyl (C=O) groups is 1. The first kappa shape index (κ1) is 21.4. The Morgan fingerprint density at radius 2 is 2.00 bits per heavy atom. The molecule has 5 rings (SSSR count). The highest BCUT2D eigenvalue weighted by molar-refractivity contribution is 7.99. The van der Waals surface area contributed by atoms with Crippen LogP contribution < -0.4 is 14.4 Å². The number of carbonyl (C=O) groups excluding carboxylic acids is 1. The number of hydrogen-bond donors (Lipinski definition) is 0. The Hall–Kier alpha value is -3.44. The fourth-order valence-electron chi connectivity index (χ4n) is 3.32. The van der Waals surface area contributed by atoms with Crippen LogP contribution in [-0.2, 0) is 11.3 Å². The van der Waals surface area contributed by atoms with E-state index in [0.29, 0.717) is 47.8 Å². The van der Waals surface area contributed by atoms with Crippen molar-refractivity contribution in [2.24, 2.45) is 0 Å². The number of tetrazole rings is 1. The zero-order chi connectivity index (χ0) is 22.6. The normalized spacial score (nSPS) is 12.5. The molecule has 33 heavy (non-hydrogen) atoms. The van der Waals surface area contributed by atoms with E-state index in [1.54, 1.807) is 28.4 Å². The lowest BCUT2D eigenvalue weighted by molar-refractivity contribution is -0.116. The van der Waals surface area contributed by atoms with Crippen molar-refractivity contribution in [2.45, 2.75) is 11.7 Å². The Morgan fingerprint density at radius 1 is 1.12 bits per heavy atom. The molecule has 8 nitrogen and oxygen atoms in total. The van der Waals surface area contributed by atoms with Crippen LogP contribution in [0, 0.1) is 5.82 Å². The first-order valence-corrected chi connectivity index (χ1v) is 11.9. The van der Waals surface area contributed by atoms with Crippen molar-refractivity contribution in [1.29, 1.82) is 0 Å². The first-order valence-electron chi connectivity index (χ1n) is 10.1. The van der Waals surface area contributed by atoms with Gasteiger partial charge in [-0.2, -0.15) is 4.68 Å². The number of hydrogen-bond acceptors (Lipinski definition) is 8. The minimum absolute atomic E-state index is 0.0928. The third kappa shape index (κ3) is 4.83. The summed E-state index contributed by atoms with van der Waals surface area (Å²) in [5, 5.41) is 14.0. The zero-order valence-corrected chi connectivity index (χ0v) is 18.9. The van der Waals surface area contributed by atoms with Crippen LogP contribution in [-0.4, -0.2) is 45.1 Å². The van der Waals surface area contributed by atoms with Crippen molar-refractivity contribution in [2.75, 3.05) is 23.9 Å². The monoisotopic (exact) mass is 483 g/mol. The first-order chi connectivity index (χ1) is 16.2. The van der Waals surface area contributed by atoms with E-state index in [-0.39, 0.29) is 11.7 Å². The van der Waals surface area contributed by atoms with E-state index in [1.165, 1.54) is 28.6 Å². The predicted octanol–water partition coefficient (Wildman–Crippen LogP) is 3.96. The van der Waals surface area contributed by atoms with Gasteiger partial charge < -0.3 is 14.4 Å². The quantitative estimate of drug-likeness (QED) is 0.368. The number of ether oxygens (including phenoxy) is 2. The number of thiophene rings is 1. The van der Waals surface area contributed by atoms with Crippen LogP contribution in [0.25, 0.3) is 5.69 Å². The molecular formula is C22H18FN5O3S2. The van der Waals surface area contributed by atoms with Gasteiger partial charge in [0.2, 0.25) is 11.1 Å². The highest BCUT2D eigenvalue weighted by Crippen LogP contribution is 2.35. The third-order valence-electron chi connectivity index (χ3n) is 4.85. The van der Waals surface area contributed by atoms with Crippen molar-refractivity contribution in [3.63, 3.8) is 0 Å². The molecule has 1 amide bonds. The van der Waals surface area contributed by atoms with Crippen molar-refractivity contribution < 1.29 is 18.7 Å². The summed E-state index contributed by atoms with van der Waals surface area (Å²) in [5.41, 5.74) is 1.19. The molecule has 0 fully saturated rings. The van der Waals surface area contributed by atoms with Gasteiger partial charge in [-0.1, -0.05) is 23.9 Å². The van der Waals surface area contributed by atoms with Gasteiger partial charge in [-0.3, -0.25) is 4.79 Å². The molecule has 2 aromatic carbocycles. The van der Waals surface area contributed by atoms with Crippen LogP contribution in [0.4, 0.5) is 10.1 Å². The third-order valence-corrected chi connectivity index (χ3v) is 6.62. The Morgan fingerprint density at radius 3 is 2.82 bits per heavy atom. The fraction of sp³-hybridized carbons (Fsp3) is 0.182. The van der Waals surface area contributed by atoms with Crippen molar-refractivity contribution in [1.82, 2.24) is 20.2 Å². The molecule has 0 bridgehead atoms. The second-order valence-corrected chi connectivity index (χ2v) is 9.00. The van der Waals surface area contributed by atoms with Gasteiger partial charge in [-0.25, -0.2) is 4.39 Å². The second-order valence-electron chi connectivity index (χ2n) is 7.03. The fourth-order valence-corrected chi connectivity index (χ4v) is 4.78. The molecule has 0 atom stereocenters. The summed E-state index contributed by atoms with van der Waals surface area (Å²) >= 11 is 2.77. The average Bonchev–Trinajstić information content (AvgIpc) is 3.53. The SMILES string of the molecule is O=C(CSc1nnnn1-c1cccc(F)c1)N(Cc1cccs1)c1ccc2c(c1)OCCO2. The van der Waals surface area contributed by atoms with Crippen molar-refractivity contribution in [3.05, 3.63) is 70.7 Å². The van der Waals surface area contributed by atoms with E-state index < -0.39 is 5.82 Å². The molecule has 0 saturated carbocycles. The minimum Gasteiger partial charge on any atom is -0.486 e. The molecule has 0 aliphatic carbocycles. The van der Waals surface area contributed by atoms with Gasteiger partial charge in [-0.15, -0.1) is 16.4 Å². The summed E-state index contributed by atoms with van der Waals surface area (Å²) in [4.78, 5) is 16.1. The summed E-state index contributed by atoms with van der Waals surface area (Å²) in [6, 6.07) is 15.4. The number of benzene rings is 2. The standard InChI is InChI=1S/C22H18FN5O3S2/c23-15-3-1-4-17(11-15)28-22(24-25-26-28)33-14-21(29)27(13-18-5-2-10-32-18)16-6-7-19-20(12-16)31-9-8-30-19/h1-7,10-12H,8-9,13-14H2. The van der Waals surface area contributed by atoms with Crippen molar-refractivity contribution in [3.8, 4) is 17.2 Å². The summed E-state index contributed by atoms with van der Waals surface area (Å²) in [6.45, 7) is 1.39. The molecule has 0 unspecified atom stereocenters. The highest BCUT2D eigenvalue weighted by atomic mass is 32.2. The smallest absolute Gasteiger partial charge is 0.237 e. The lowest BCUT2D eigenvalue weighted by Crippen LogP contribution is -2.32. The number of nitrogens with zero attached hydrogens (tertiary/aromatic N) is 5. The summed E-state index contributed by atoms with van der Waals surface area (Å²) < 4.78 is 26.3. The molecular weight excluding hydrogens is 465 g/mol. The van der Waals surface area contributed by atoms with E-state index in [1.807, 2.05) is 35.7 Å². The van der Waals surface area contributed by atoms with E-state index in [9.17, 15) is 9.18 Å². The van der Waals surface area contributed by atoms with Gasteiger partial charge in [0.05, 0.1) is 18.0 Å². The lowest BCUT2D eigenvalue weighted by atomic mass is 10.2. The van der Waals surface area contributed by atoms with E-state index in [4.69, 9.17) is 9.47 Å². The summed E-state index contributed by atoms with van der Waals surface area (Å²) in [5.74, 6) is 0.854. The second kappa shape index (κ2) is 9.59. The molecule has 3 heterocycles. The molecule has 1 aliphatic heterocycles. The molecule has 4 aromatic rings. The Kier molecular flexibility index (Phi) is 6.22. The van der Waals surface area contributed by atoms with Gasteiger partial charge in [0.25, 0.3) is 0 Å².